The second kappa shape index (κ2) is 7.80. The predicted octanol–water partition coefficient (Wildman–Crippen LogP) is 2.69. The Morgan fingerprint density at radius 2 is 2.00 bits per heavy atom. The number of thiophene rings is 1. The molecule has 2 bridgehead atoms. The van der Waals surface area contributed by atoms with Gasteiger partial charge in [0.1, 0.15) is 5.75 Å². The first kappa shape index (κ1) is 18.6. The molecule has 29 heavy (non-hydrogen) atoms. The minimum atomic E-state index is -0.123. The number of nitrogens with zero attached hydrogens (tertiary/aromatic N) is 2. The van der Waals surface area contributed by atoms with Gasteiger partial charge in [0.05, 0.1) is 30.7 Å². The van der Waals surface area contributed by atoms with Crippen molar-refractivity contribution in [3.8, 4) is 5.75 Å². The lowest BCUT2D eigenvalue weighted by atomic mass is 10.0. The molecule has 1 aromatic carbocycles. The predicted molar refractivity (Wildman–Crippen MR) is 110 cm³/mol. The Hall–Kier alpha value is -2.38. The van der Waals surface area contributed by atoms with E-state index in [1.54, 1.807) is 0 Å². The van der Waals surface area contributed by atoms with Crippen LogP contribution >= 0.6 is 11.3 Å². The number of hydrogen-bond donors (Lipinski definition) is 0. The van der Waals surface area contributed by atoms with Gasteiger partial charge in [-0.15, -0.1) is 11.3 Å². The van der Waals surface area contributed by atoms with Crippen molar-refractivity contribution in [2.45, 2.75) is 18.9 Å². The Morgan fingerprint density at radius 1 is 1.07 bits per heavy atom. The van der Waals surface area contributed by atoms with Gasteiger partial charge in [-0.25, -0.2) is 0 Å². The summed E-state index contributed by atoms with van der Waals surface area (Å²) in [6.07, 6.45) is 1.92. The number of amides is 2. The van der Waals surface area contributed by atoms with Gasteiger partial charge in [-0.2, -0.15) is 0 Å². The smallest absolute Gasteiger partial charge is 0.264 e. The summed E-state index contributed by atoms with van der Waals surface area (Å²) in [4.78, 5) is 30.9. The fourth-order valence-electron chi connectivity index (χ4n) is 4.48. The molecule has 0 unspecified atom stereocenters. The Kier molecular flexibility index (Phi) is 5.01. The van der Waals surface area contributed by atoms with E-state index >= 15 is 0 Å². The summed E-state index contributed by atoms with van der Waals surface area (Å²) >= 11 is 1.46. The van der Waals surface area contributed by atoms with Crippen LogP contribution in [0.5, 0.6) is 5.75 Å². The van der Waals surface area contributed by atoms with Crippen LogP contribution in [0.25, 0.3) is 0 Å². The normalized spacial score (nSPS) is 23.7. The number of fused-ring (bicyclic) bond motifs is 4. The molecule has 152 valence electrons. The Balaban J connectivity index is 1.38. The van der Waals surface area contributed by atoms with Crippen LogP contribution in [-0.4, -0.2) is 67.1 Å². The average molecular weight is 413 g/mol. The number of rotatable bonds is 2. The number of benzene rings is 1. The maximum Gasteiger partial charge on any atom is 0.264 e. The molecule has 3 aliphatic rings. The van der Waals surface area contributed by atoms with Gasteiger partial charge >= 0.3 is 0 Å². The molecule has 6 nitrogen and oxygen atoms in total. The third-order valence-electron chi connectivity index (χ3n) is 5.90. The molecule has 2 amide bonds. The molecular formula is C22H24N2O4S. The number of ether oxygens (including phenoxy) is 2. The van der Waals surface area contributed by atoms with Crippen molar-refractivity contribution in [2.75, 3.05) is 39.5 Å². The van der Waals surface area contributed by atoms with E-state index in [9.17, 15) is 9.59 Å². The van der Waals surface area contributed by atoms with Crippen molar-refractivity contribution in [1.29, 1.82) is 0 Å². The highest BCUT2D eigenvalue weighted by molar-refractivity contribution is 7.12. The Bertz CT molecular complexity index is 914. The lowest BCUT2D eigenvalue weighted by Gasteiger charge is -2.31. The Labute approximate surface area is 174 Å². The van der Waals surface area contributed by atoms with Crippen LogP contribution < -0.4 is 4.74 Å². The molecule has 2 aromatic rings. The molecule has 0 N–H and O–H groups in total. The molecule has 0 saturated carbocycles. The van der Waals surface area contributed by atoms with Crippen LogP contribution in [-0.2, 0) is 11.2 Å². The number of hydrogen-bond acceptors (Lipinski definition) is 5. The zero-order valence-corrected chi connectivity index (χ0v) is 17.0. The molecular weight excluding hydrogens is 388 g/mol. The van der Waals surface area contributed by atoms with E-state index in [2.05, 4.69) is 0 Å². The van der Waals surface area contributed by atoms with Crippen LogP contribution in [0.1, 0.15) is 32.0 Å². The molecule has 5 rings (SSSR count). The third kappa shape index (κ3) is 3.65. The molecule has 0 spiro atoms. The van der Waals surface area contributed by atoms with Crippen molar-refractivity contribution in [3.63, 3.8) is 0 Å². The topological polar surface area (TPSA) is 59.1 Å². The van der Waals surface area contributed by atoms with Crippen LogP contribution in [0, 0.1) is 5.92 Å². The second-order valence-corrected chi connectivity index (χ2v) is 8.92. The summed E-state index contributed by atoms with van der Waals surface area (Å²) in [5, 5.41) is 1.92. The summed E-state index contributed by atoms with van der Waals surface area (Å²) in [6.45, 7) is 3.52. The summed E-state index contributed by atoms with van der Waals surface area (Å²) < 4.78 is 11.5. The molecule has 3 aliphatic heterocycles. The van der Waals surface area contributed by atoms with E-state index in [1.165, 1.54) is 11.3 Å². The zero-order valence-electron chi connectivity index (χ0n) is 16.2. The van der Waals surface area contributed by atoms with Gasteiger partial charge in [-0.3, -0.25) is 9.59 Å². The highest BCUT2D eigenvalue weighted by Crippen LogP contribution is 2.28. The minimum absolute atomic E-state index is 0.0284. The van der Waals surface area contributed by atoms with Gasteiger partial charge in [-0.1, -0.05) is 6.07 Å². The molecule has 2 atom stereocenters. The van der Waals surface area contributed by atoms with Gasteiger partial charge in [-0.05, 0) is 48.1 Å². The first-order valence-electron chi connectivity index (χ1n) is 10.2. The number of carbonyl (C=O) groups is 2. The van der Waals surface area contributed by atoms with Crippen molar-refractivity contribution in [2.24, 2.45) is 5.92 Å². The van der Waals surface area contributed by atoms with Crippen molar-refractivity contribution in [1.82, 2.24) is 9.80 Å². The first-order chi connectivity index (χ1) is 14.2. The Morgan fingerprint density at radius 3 is 2.86 bits per heavy atom. The van der Waals surface area contributed by atoms with Crippen LogP contribution in [0.4, 0.5) is 0 Å². The van der Waals surface area contributed by atoms with Crippen LogP contribution in [0.3, 0.4) is 0 Å². The van der Waals surface area contributed by atoms with Crippen molar-refractivity contribution in [3.05, 3.63) is 51.7 Å². The van der Waals surface area contributed by atoms with Crippen LogP contribution in [0.15, 0.2) is 35.7 Å². The molecule has 2 fully saturated rings. The van der Waals surface area contributed by atoms with E-state index in [0.717, 1.165) is 35.6 Å². The third-order valence-corrected chi connectivity index (χ3v) is 6.76. The van der Waals surface area contributed by atoms with E-state index < -0.39 is 0 Å². The maximum absolute atomic E-state index is 13.3. The molecule has 7 heteroatoms. The van der Waals surface area contributed by atoms with Gasteiger partial charge in [0, 0.05) is 31.1 Å². The quantitative estimate of drug-likeness (QED) is 0.761. The second-order valence-electron chi connectivity index (χ2n) is 7.98. The molecule has 0 radical (unpaired) electrons. The van der Waals surface area contributed by atoms with Gasteiger partial charge < -0.3 is 19.3 Å². The van der Waals surface area contributed by atoms with E-state index in [0.29, 0.717) is 38.4 Å². The standard InChI is InChI=1S/C22H24N2O4S/c25-21(17-5-6-19-16(9-17)3-1-7-28-19)23-10-15-11-24(18(12-23)14-27-13-15)22(26)20-4-2-8-29-20/h2,4-6,8-9,15,18H,1,3,7,10-14H2/t15-,18-/m0/s1. The summed E-state index contributed by atoms with van der Waals surface area (Å²) in [7, 11) is 0. The summed E-state index contributed by atoms with van der Waals surface area (Å²) in [5.74, 6) is 1.08. The highest BCUT2D eigenvalue weighted by atomic mass is 32.1. The monoisotopic (exact) mass is 412 g/mol. The summed E-state index contributed by atoms with van der Waals surface area (Å²) in [5.41, 5.74) is 1.81. The molecule has 0 aliphatic carbocycles. The van der Waals surface area contributed by atoms with Gasteiger partial charge in [0.25, 0.3) is 11.8 Å². The maximum atomic E-state index is 13.3. The van der Waals surface area contributed by atoms with Gasteiger partial charge in [0.2, 0.25) is 0 Å². The van der Waals surface area contributed by atoms with Crippen molar-refractivity contribution < 1.29 is 19.1 Å². The zero-order chi connectivity index (χ0) is 19.8. The van der Waals surface area contributed by atoms with E-state index in [-0.39, 0.29) is 23.8 Å². The lowest BCUT2D eigenvalue weighted by molar-refractivity contribution is 0.0382. The highest BCUT2D eigenvalue weighted by Gasteiger charge is 2.38. The molecule has 4 heterocycles. The number of aryl methyl sites for hydroxylation is 1. The van der Waals surface area contributed by atoms with E-state index in [1.807, 2.05) is 45.5 Å². The van der Waals surface area contributed by atoms with Crippen molar-refractivity contribution >= 4 is 23.2 Å². The van der Waals surface area contributed by atoms with Gasteiger partial charge in [0.15, 0.2) is 0 Å². The van der Waals surface area contributed by atoms with Crippen LogP contribution in [0.2, 0.25) is 0 Å². The molecule has 2 saturated heterocycles. The molecule has 1 aromatic heterocycles. The largest absolute Gasteiger partial charge is 0.493 e. The summed E-state index contributed by atoms with van der Waals surface area (Å²) in [6, 6.07) is 9.38. The van der Waals surface area contributed by atoms with E-state index in [4.69, 9.17) is 9.47 Å². The minimum Gasteiger partial charge on any atom is -0.493 e. The lowest BCUT2D eigenvalue weighted by Crippen LogP contribution is -2.47. The SMILES string of the molecule is O=C(c1ccc2c(c1)CCCO2)N1C[C@@H]2COC[C@H](C1)N(C(=O)c1cccs1)C2. The fourth-order valence-corrected chi connectivity index (χ4v) is 5.15. The number of carbonyl (C=O) groups excluding carboxylic acids is 2. The fraction of sp³-hybridized carbons (Fsp3) is 0.455. The average Bonchev–Trinajstić information content (AvgIpc) is 3.12. The first-order valence-corrected chi connectivity index (χ1v) is 11.0.